The van der Waals surface area contributed by atoms with Crippen LogP contribution in [0.4, 0.5) is 0 Å². The zero-order valence-corrected chi connectivity index (χ0v) is 15.7. The normalized spacial score (nSPS) is 12.6. The Morgan fingerprint density at radius 3 is 1.91 bits per heavy atom. The molecule has 0 saturated heterocycles. The van der Waals surface area contributed by atoms with E-state index in [0.29, 0.717) is 13.0 Å². The molecule has 0 aliphatic carbocycles. The Hall–Kier alpha value is -0.210. The Morgan fingerprint density at radius 2 is 1.43 bits per heavy atom. The first-order chi connectivity index (χ1) is 10.9. The highest BCUT2D eigenvalue weighted by Crippen LogP contribution is 2.07. The van der Waals surface area contributed by atoms with Gasteiger partial charge in [-0.3, -0.25) is 4.55 Å². The van der Waals surface area contributed by atoms with Crippen LogP contribution < -0.4 is 5.73 Å². The molecule has 6 nitrogen and oxygen atoms in total. The summed E-state index contributed by atoms with van der Waals surface area (Å²) in [6, 6.07) is 0. The van der Waals surface area contributed by atoms with E-state index < -0.39 is 10.4 Å². The predicted octanol–water partition coefficient (Wildman–Crippen LogP) is 3.44. The SMILES string of the molecule is CCCCC(O)CCN.CCCCCCCCCOS(=O)(=O)O. The van der Waals surface area contributed by atoms with Gasteiger partial charge in [0, 0.05) is 0 Å². The standard InChI is InChI=1S/C9H20O4S.C7H17NO/c1-2-3-4-5-6-7-8-9-13-14(10,11)12;1-2-3-4-7(9)5-6-8/h2-9H2,1H3,(H,10,11,12);7,9H,2-6,8H2,1H3. The molecule has 7 heteroatoms. The molecule has 0 aliphatic heterocycles. The lowest BCUT2D eigenvalue weighted by Gasteiger charge is -2.06. The Morgan fingerprint density at radius 1 is 0.913 bits per heavy atom. The van der Waals surface area contributed by atoms with Crippen LogP contribution in [0, 0.1) is 0 Å². The average molecular weight is 356 g/mol. The Bertz CT molecular complexity index is 322. The molecule has 142 valence electrons. The van der Waals surface area contributed by atoms with Crippen LogP contribution in [-0.4, -0.2) is 37.3 Å². The molecule has 0 aromatic carbocycles. The van der Waals surface area contributed by atoms with Gasteiger partial charge in [0.05, 0.1) is 12.7 Å². The van der Waals surface area contributed by atoms with Crippen molar-refractivity contribution in [3.05, 3.63) is 0 Å². The van der Waals surface area contributed by atoms with E-state index in [0.717, 1.165) is 38.5 Å². The van der Waals surface area contributed by atoms with E-state index in [1.54, 1.807) is 0 Å². The fraction of sp³-hybridized carbons (Fsp3) is 1.00. The van der Waals surface area contributed by atoms with Crippen LogP contribution in [0.1, 0.15) is 84.5 Å². The minimum atomic E-state index is -4.23. The molecular weight excluding hydrogens is 318 g/mol. The highest BCUT2D eigenvalue weighted by Gasteiger charge is 2.02. The summed E-state index contributed by atoms with van der Waals surface area (Å²) in [5, 5.41) is 9.10. The molecule has 0 amide bonds. The fourth-order valence-electron chi connectivity index (χ4n) is 2.00. The van der Waals surface area contributed by atoms with Crippen LogP contribution >= 0.6 is 0 Å². The monoisotopic (exact) mass is 355 g/mol. The maximum Gasteiger partial charge on any atom is 0.397 e. The van der Waals surface area contributed by atoms with Crippen molar-refractivity contribution in [3.8, 4) is 0 Å². The van der Waals surface area contributed by atoms with Crippen molar-refractivity contribution < 1.29 is 22.3 Å². The van der Waals surface area contributed by atoms with Crippen molar-refractivity contribution in [1.29, 1.82) is 0 Å². The van der Waals surface area contributed by atoms with Crippen molar-refractivity contribution >= 4 is 10.4 Å². The third-order valence-corrected chi connectivity index (χ3v) is 3.84. The van der Waals surface area contributed by atoms with E-state index in [1.165, 1.54) is 25.7 Å². The summed E-state index contributed by atoms with van der Waals surface area (Å²) >= 11 is 0. The van der Waals surface area contributed by atoms with E-state index in [2.05, 4.69) is 18.0 Å². The molecule has 0 heterocycles. The molecule has 0 spiro atoms. The van der Waals surface area contributed by atoms with Gasteiger partial charge in [0.25, 0.3) is 0 Å². The number of nitrogens with two attached hydrogens (primary N) is 1. The lowest BCUT2D eigenvalue weighted by Crippen LogP contribution is -2.12. The molecule has 0 fully saturated rings. The summed E-state index contributed by atoms with van der Waals surface area (Å²) in [6.45, 7) is 4.98. The zero-order chi connectivity index (χ0) is 18.0. The maximum atomic E-state index is 10.1. The highest BCUT2D eigenvalue weighted by atomic mass is 32.3. The van der Waals surface area contributed by atoms with Gasteiger partial charge in [0.2, 0.25) is 0 Å². The van der Waals surface area contributed by atoms with E-state index in [4.69, 9.17) is 15.4 Å². The van der Waals surface area contributed by atoms with Crippen molar-refractivity contribution in [2.45, 2.75) is 90.6 Å². The summed E-state index contributed by atoms with van der Waals surface area (Å²) < 4.78 is 32.7. The summed E-state index contributed by atoms with van der Waals surface area (Å²) in [5.74, 6) is 0. The van der Waals surface area contributed by atoms with Gasteiger partial charge in [-0.1, -0.05) is 65.2 Å². The Labute approximate surface area is 142 Å². The molecule has 0 aliphatic rings. The lowest BCUT2D eigenvalue weighted by molar-refractivity contribution is 0.154. The van der Waals surface area contributed by atoms with Crippen LogP contribution in [0.5, 0.6) is 0 Å². The molecule has 0 radical (unpaired) electrons. The van der Waals surface area contributed by atoms with Gasteiger partial charge in [-0.25, -0.2) is 4.18 Å². The molecule has 4 N–H and O–H groups in total. The molecule has 0 rings (SSSR count). The first kappa shape index (κ1) is 25.0. The Kier molecular flexibility index (Phi) is 19.7. The number of unbranched alkanes of at least 4 members (excludes halogenated alkanes) is 7. The predicted molar refractivity (Wildman–Crippen MR) is 94.7 cm³/mol. The van der Waals surface area contributed by atoms with E-state index in [1.807, 2.05) is 0 Å². The summed E-state index contributed by atoms with van der Waals surface area (Å²) in [6.07, 6.45) is 11.5. The smallest absolute Gasteiger partial charge is 0.393 e. The van der Waals surface area contributed by atoms with Gasteiger partial charge in [-0.15, -0.1) is 0 Å². The zero-order valence-electron chi connectivity index (χ0n) is 14.9. The quantitative estimate of drug-likeness (QED) is 0.325. The number of aliphatic hydroxyl groups is 1. The van der Waals surface area contributed by atoms with Gasteiger partial charge in [-0.2, -0.15) is 8.42 Å². The summed E-state index contributed by atoms with van der Waals surface area (Å²) in [4.78, 5) is 0. The molecule has 1 unspecified atom stereocenters. The van der Waals surface area contributed by atoms with Crippen molar-refractivity contribution in [1.82, 2.24) is 0 Å². The van der Waals surface area contributed by atoms with Gasteiger partial charge in [0.1, 0.15) is 0 Å². The van der Waals surface area contributed by atoms with E-state index in [9.17, 15) is 8.42 Å². The average Bonchev–Trinajstić information content (AvgIpc) is 2.48. The minimum Gasteiger partial charge on any atom is -0.393 e. The lowest BCUT2D eigenvalue weighted by atomic mass is 10.1. The topological polar surface area (TPSA) is 110 Å². The first-order valence-electron chi connectivity index (χ1n) is 8.87. The third kappa shape index (κ3) is 27.0. The number of aliphatic hydroxyl groups excluding tert-OH is 1. The Balaban J connectivity index is 0. The molecule has 0 bridgehead atoms. The van der Waals surface area contributed by atoms with Crippen molar-refractivity contribution in [2.75, 3.05) is 13.2 Å². The second-order valence-corrected chi connectivity index (χ2v) is 6.84. The van der Waals surface area contributed by atoms with Crippen LogP contribution in [0.3, 0.4) is 0 Å². The number of hydrogen-bond donors (Lipinski definition) is 3. The van der Waals surface area contributed by atoms with Gasteiger partial charge in [0.15, 0.2) is 0 Å². The second kappa shape index (κ2) is 18.1. The van der Waals surface area contributed by atoms with Crippen LogP contribution in [0.2, 0.25) is 0 Å². The molecular formula is C16H37NO5S. The minimum absolute atomic E-state index is 0.0899. The van der Waals surface area contributed by atoms with Crippen LogP contribution in [-0.2, 0) is 14.6 Å². The number of rotatable bonds is 14. The second-order valence-electron chi connectivity index (χ2n) is 5.74. The van der Waals surface area contributed by atoms with Gasteiger partial charge < -0.3 is 10.8 Å². The molecule has 0 saturated carbocycles. The summed E-state index contributed by atoms with van der Waals surface area (Å²) in [5.41, 5.74) is 5.24. The molecule has 1 atom stereocenters. The largest absolute Gasteiger partial charge is 0.397 e. The van der Waals surface area contributed by atoms with Crippen molar-refractivity contribution in [3.63, 3.8) is 0 Å². The molecule has 0 aromatic heterocycles. The van der Waals surface area contributed by atoms with E-state index in [-0.39, 0.29) is 12.7 Å². The van der Waals surface area contributed by atoms with Crippen molar-refractivity contribution in [2.24, 2.45) is 5.73 Å². The van der Waals surface area contributed by atoms with E-state index >= 15 is 0 Å². The van der Waals surface area contributed by atoms with Gasteiger partial charge in [-0.05, 0) is 25.8 Å². The first-order valence-corrected chi connectivity index (χ1v) is 10.2. The number of hydrogen-bond acceptors (Lipinski definition) is 5. The maximum absolute atomic E-state index is 10.1. The van der Waals surface area contributed by atoms with Crippen LogP contribution in [0.15, 0.2) is 0 Å². The molecule has 0 aromatic rings. The summed E-state index contributed by atoms with van der Waals surface area (Å²) in [7, 11) is -4.23. The van der Waals surface area contributed by atoms with Crippen LogP contribution in [0.25, 0.3) is 0 Å². The third-order valence-electron chi connectivity index (χ3n) is 3.37. The fourth-order valence-corrected chi connectivity index (χ4v) is 2.33. The molecule has 23 heavy (non-hydrogen) atoms. The highest BCUT2D eigenvalue weighted by molar-refractivity contribution is 7.80. The van der Waals surface area contributed by atoms with Gasteiger partial charge >= 0.3 is 10.4 Å².